The van der Waals surface area contributed by atoms with E-state index in [9.17, 15) is 4.79 Å². The smallest absolute Gasteiger partial charge is 0.220 e. The fourth-order valence-electron chi connectivity index (χ4n) is 2.24. The van der Waals surface area contributed by atoms with E-state index in [0.717, 1.165) is 27.4 Å². The first-order valence-corrected chi connectivity index (χ1v) is 7.44. The van der Waals surface area contributed by atoms with E-state index in [2.05, 4.69) is 27.3 Å². The molecule has 1 aliphatic rings. The fraction of sp³-hybridized carbons (Fsp3) is 0.400. The molecule has 1 aliphatic carbocycles. The number of hydrogen-bond donors (Lipinski definition) is 1. The Kier molecular flexibility index (Phi) is 3.60. The van der Waals surface area contributed by atoms with E-state index in [-0.39, 0.29) is 5.91 Å². The minimum Gasteiger partial charge on any atom is -0.464 e. The number of carbonyl (C=O) groups excluding carboxylic acids is 1. The van der Waals surface area contributed by atoms with Crippen LogP contribution >= 0.6 is 15.9 Å². The molecule has 4 heteroatoms. The number of fused-ring (bicyclic) bond motifs is 1. The van der Waals surface area contributed by atoms with Crippen LogP contribution in [0.5, 0.6) is 0 Å². The van der Waals surface area contributed by atoms with Gasteiger partial charge >= 0.3 is 0 Å². The molecule has 0 bridgehead atoms. The topological polar surface area (TPSA) is 42.2 Å². The number of rotatable bonds is 5. The lowest BCUT2D eigenvalue weighted by atomic mass is 10.1. The van der Waals surface area contributed by atoms with E-state index >= 15 is 0 Å². The molecule has 0 atom stereocenters. The van der Waals surface area contributed by atoms with E-state index in [1.165, 1.54) is 12.8 Å². The third-order valence-corrected chi connectivity index (χ3v) is 4.00. The SMILES string of the molecule is O=C(CC1CC1)NCCc1coc2ccc(Br)cc12. The predicted octanol–water partition coefficient (Wildman–Crippen LogP) is 3.65. The maximum Gasteiger partial charge on any atom is 0.220 e. The number of nitrogens with one attached hydrogen (secondary N) is 1. The van der Waals surface area contributed by atoms with Gasteiger partial charge in [0.15, 0.2) is 0 Å². The van der Waals surface area contributed by atoms with Crippen LogP contribution in [0.2, 0.25) is 0 Å². The summed E-state index contributed by atoms with van der Waals surface area (Å²) in [6, 6.07) is 5.97. The summed E-state index contributed by atoms with van der Waals surface area (Å²) in [6.07, 6.45) is 5.71. The molecule has 0 saturated heterocycles. The van der Waals surface area contributed by atoms with Crippen molar-refractivity contribution in [1.82, 2.24) is 5.32 Å². The molecule has 0 aliphatic heterocycles. The second kappa shape index (κ2) is 5.37. The molecule has 2 aromatic rings. The molecule has 0 radical (unpaired) electrons. The summed E-state index contributed by atoms with van der Waals surface area (Å²) < 4.78 is 6.54. The highest BCUT2D eigenvalue weighted by Gasteiger charge is 2.24. The first-order valence-electron chi connectivity index (χ1n) is 6.65. The highest BCUT2D eigenvalue weighted by molar-refractivity contribution is 9.10. The molecule has 19 heavy (non-hydrogen) atoms. The van der Waals surface area contributed by atoms with Crippen LogP contribution in [0.25, 0.3) is 11.0 Å². The first-order chi connectivity index (χ1) is 9.22. The summed E-state index contributed by atoms with van der Waals surface area (Å²) in [6.45, 7) is 0.673. The summed E-state index contributed by atoms with van der Waals surface area (Å²) in [5.41, 5.74) is 2.03. The molecule has 100 valence electrons. The van der Waals surface area contributed by atoms with E-state index < -0.39 is 0 Å². The van der Waals surface area contributed by atoms with E-state index in [1.807, 2.05) is 12.1 Å². The molecule has 1 fully saturated rings. The Morgan fingerprint density at radius 3 is 3.05 bits per heavy atom. The van der Waals surface area contributed by atoms with Gasteiger partial charge < -0.3 is 9.73 Å². The van der Waals surface area contributed by atoms with Crippen molar-refractivity contribution in [2.45, 2.75) is 25.7 Å². The minimum atomic E-state index is 0.177. The molecule has 1 aromatic heterocycles. The minimum absolute atomic E-state index is 0.177. The standard InChI is InChI=1S/C15H16BrNO2/c16-12-3-4-14-13(8-12)11(9-19-14)5-6-17-15(18)7-10-1-2-10/h3-4,8-10H,1-2,5-7H2,(H,17,18). The van der Waals surface area contributed by atoms with E-state index in [4.69, 9.17) is 4.42 Å². The molecule has 1 aromatic carbocycles. The summed E-state index contributed by atoms with van der Waals surface area (Å²) >= 11 is 3.47. The zero-order valence-electron chi connectivity index (χ0n) is 10.6. The van der Waals surface area contributed by atoms with Crippen LogP contribution < -0.4 is 5.32 Å². The van der Waals surface area contributed by atoms with Gasteiger partial charge in [0.25, 0.3) is 0 Å². The lowest BCUT2D eigenvalue weighted by molar-refractivity contribution is -0.121. The number of amides is 1. The molecule has 1 saturated carbocycles. The molecule has 0 unspecified atom stereocenters. The summed E-state index contributed by atoms with van der Waals surface area (Å²) in [5, 5.41) is 4.10. The summed E-state index contributed by atoms with van der Waals surface area (Å²) in [7, 11) is 0. The van der Waals surface area contributed by atoms with Gasteiger partial charge in [0, 0.05) is 22.8 Å². The third-order valence-electron chi connectivity index (χ3n) is 3.50. The van der Waals surface area contributed by atoms with E-state index in [1.54, 1.807) is 6.26 Å². The maximum absolute atomic E-state index is 11.6. The van der Waals surface area contributed by atoms with Crippen molar-refractivity contribution in [2.75, 3.05) is 6.54 Å². The van der Waals surface area contributed by atoms with Gasteiger partial charge in [-0.2, -0.15) is 0 Å². The zero-order valence-corrected chi connectivity index (χ0v) is 12.2. The van der Waals surface area contributed by atoms with Crippen molar-refractivity contribution in [2.24, 2.45) is 5.92 Å². The molecule has 3 nitrogen and oxygen atoms in total. The van der Waals surface area contributed by atoms with Gasteiger partial charge in [-0.3, -0.25) is 4.79 Å². The Morgan fingerprint density at radius 2 is 2.26 bits per heavy atom. The second-order valence-corrected chi connectivity index (χ2v) is 6.06. The highest BCUT2D eigenvalue weighted by atomic mass is 79.9. The van der Waals surface area contributed by atoms with Crippen molar-refractivity contribution < 1.29 is 9.21 Å². The number of furan rings is 1. The largest absolute Gasteiger partial charge is 0.464 e. The molecule has 3 rings (SSSR count). The van der Waals surface area contributed by atoms with Gasteiger partial charge in [0.1, 0.15) is 5.58 Å². The average Bonchev–Trinajstić information content (AvgIpc) is 3.10. The van der Waals surface area contributed by atoms with Crippen LogP contribution in [-0.2, 0) is 11.2 Å². The Labute approximate surface area is 120 Å². The van der Waals surface area contributed by atoms with Gasteiger partial charge in [0.2, 0.25) is 5.91 Å². The van der Waals surface area contributed by atoms with Crippen molar-refractivity contribution in [3.63, 3.8) is 0 Å². The summed E-state index contributed by atoms with van der Waals surface area (Å²) in [5.74, 6) is 0.821. The number of benzene rings is 1. The number of halogens is 1. The van der Waals surface area contributed by atoms with E-state index in [0.29, 0.717) is 18.9 Å². The van der Waals surface area contributed by atoms with Gasteiger partial charge in [-0.25, -0.2) is 0 Å². The van der Waals surface area contributed by atoms with Crippen LogP contribution in [0.3, 0.4) is 0 Å². The summed E-state index contributed by atoms with van der Waals surface area (Å²) in [4.78, 5) is 11.6. The Bertz CT molecular complexity index is 601. The number of hydrogen-bond acceptors (Lipinski definition) is 2. The van der Waals surface area contributed by atoms with Gasteiger partial charge in [-0.05, 0) is 48.9 Å². The zero-order chi connectivity index (χ0) is 13.2. The van der Waals surface area contributed by atoms with Crippen molar-refractivity contribution in [3.8, 4) is 0 Å². The van der Waals surface area contributed by atoms with Crippen molar-refractivity contribution >= 4 is 32.8 Å². The van der Waals surface area contributed by atoms with Crippen LogP contribution in [0, 0.1) is 5.92 Å². The van der Waals surface area contributed by atoms with Crippen molar-refractivity contribution in [3.05, 3.63) is 34.5 Å². The first kappa shape index (κ1) is 12.7. The van der Waals surface area contributed by atoms with Crippen LogP contribution in [0.1, 0.15) is 24.8 Å². The lowest BCUT2D eigenvalue weighted by Crippen LogP contribution is -2.25. The molecule has 1 heterocycles. The van der Waals surface area contributed by atoms with Crippen LogP contribution in [0.4, 0.5) is 0 Å². The van der Waals surface area contributed by atoms with Gasteiger partial charge in [0.05, 0.1) is 6.26 Å². The molecule has 1 N–H and O–H groups in total. The molecule has 1 amide bonds. The fourth-order valence-corrected chi connectivity index (χ4v) is 2.60. The number of carbonyl (C=O) groups is 1. The van der Waals surface area contributed by atoms with Crippen LogP contribution in [-0.4, -0.2) is 12.5 Å². The predicted molar refractivity (Wildman–Crippen MR) is 78.0 cm³/mol. The molecular weight excluding hydrogens is 306 g/mol. The Hall–Kier alpha value is -1.29. The second-order valence-electron chi connectivity index (χ2n) is 5.15. The molecule has 0 spiro atoms. The van der Waals surface area contributed by atoms with Crippen LogP contribution in [0.15, 0.2) is 33.4 Å². The normalized spacial score (nSPS) is 14.8. The Morgan fingerprint density at radius 1 is 1.42 bits per heavy atom. The third kappa shape index (κ3) is 3.18. The lowest BCUT2D eigenvalue weighted by Gasteiger charge is -2.03. The van der Waals surface area contributed by atoms with Gasteiger partial charge in [-0.15, -0.1) is 0 Å². The molecular formula is C15H16BrNO2. The maximum atomic E-state index is 11.6. The van der Waals surface area contributed by atoms with Crippen molar-refractivity contribution in [1.29, 1.82) is 0 Å². The van der Waals surface area contributed by atoms with Gasteiger partial charge in [-0.1, -0.05) is 15.9 Å². The average molecular weight is 322 g/mol. The highest BCUT2D eigenvalue weighted by Crippen LogP contribution is 2.32. The quantitative estimate of drug-likeness (QED) is 0.913. The monoisotopic (exact) mass is 321 g/mol. The Balaban J connectivity index is 1.58.